The second-order valence-corrected chi connectivity index (χ2v) is 4.15. The average molecular weight is 513 g/mol. The summed E-state index contributed by atoms with van der Waals surface area (Å²) in [6.07, 6.45) is 1.47. The van der Waals surface area contributed by atoms with Gasteiger partial charge in [-0.25, -0.2) is 0 Å². The van der Waals surface area contributed by atoms with E-state index < -0.39 is 33.0 Å². The van der Waals surface area contributed by atoms with Crippen molar-refractivity contribution in [2.45, 2.75) is 0 Å². The molecule has 0 aliphatic carbocycles. The van der Waals surface area contributed by atoms with Gasteiger partial charge in [-0.2, -0.15) is 0 Å². The fraction of sp³-hybridized carbons (Fsp3) is 1.00. The van der Waals surface area contributed by atoms with Crippen molar-refractivity contribution in [3.63, 3.8) is 0 Å². The number of halogens is 1. The fourth-order valence-corrected chi connectivity index (χ4v) is 0.980. The van der Waals surface area contributed by atoms with Crippen LogP contribution in [-0.4, -0.2) is 6.38 Å². The summed E-state index contributed by atoms with van der Waals surface area (Å²) in [5.41, 5.74) is 0. The summed E-state index contributed by atoms with van der Waals surface area (Å²) in [5.74, 6) is 0. The van der Waals surface area contributed by atoms with E-state index in [1.165, 1.54) is 6.38 Å². The van der Waals surface area contributed by atoms with Crippen molar-refractivity contribution in [1.82, 2.24) is 0 Å². The maximum atomic E-state index is 9.24. The summed E-state index contributed by atoms with van der Waals surface area (Å²) in [4.78, 5) is 37.0. The second kappa shape index (κ2) is 19.7. The monoisotopic (exact) mass is 514 g/mol. The summed E-state index contributed by atoms with van der Waals surface area (Å²) < 4.78 is 43.3. The van der Waals surface area contributed by atoms with Crippen molar-refractivity contribution in [3.05, 3.63) is 0 Å². The summed E-state index contributed by atoms with van der Waals surface area (Å²) in [6, 6.07) is 0. The summed E-state index contributed by atoms with van der Waals surface area (Å²) >= 11 is 4.64. The van der Waals surface area contributed by atoms with Crippen LogP contribution < -0.4 is 19.6 Å². The molecule has 0 fully saturated rings. The zero-order valence-electron chi connectivity index (χ0n) is 7.75. The molecule has 4 unspecified atom stereocenters. The Balaban J connectivity index is -0.0000000823. The van der Waals surface area contributed by atoms with Gasteiger partial charge in [-0.15, -0.1) is 11.6 Å². The fourth-order valence-electron chi connectivity index (χ4n) is 0.109. The molecular formula is CH3ClHfO10P4+4. The normalized spacial score (nSPS) is 11.4. The molecule has 94 valence electrons. The molecule has 0 rings (SSSR count). The Bertz CT molecular complexity index is 207. The maximum Gasteiger partial charge on any atom is 4.00 e. The van der Waals surface area contributed by atoms with Crippen LogP contribution in [0.1, 0.15) is 0 Å². The molecule has 0 heterocycles. The molecular weight excluding hydrogens is 510 g/mol. The first-order valence-electron chi connectivity index (χ1n) is 2.57. The van der Waals surface area contributed by atoms with Gasteiger partial charge in [0.1, 0.15) is 8.62 Å². The van der Waals surface area contributed by atoms with Gasteiger partial charge in [0, 0.05) is 6.38 Å². The van der Waals surface area contributed by atoms with Gasteiger partial charge >= 0.3 is 58.9 Å². The Hall–Kier alpha value is 1.32. The Morgan fingerprint density at radius 2 is 0.824 bits per heavy atom. The molecule has 10 nitrogen and oxygen atoms in total. The van der Waals surface area contributed by atoms with Crippen LogP contribution in [0, 0.1) is 0 Å². The predicted molar refractivity (Wildman–Crippen MR) is 44.4 cm³/mol. The first kappa shape index (κ1) is 26.8. The molecule has 0 aliphatic heterocycles. The smallest absolute Gasteiger partial charge is 0.563 e. The molecule has 0 amide bonds. The first-order valence-corrected chi connectivity index (χ1v) is 7.71. The first-order chi connectivity index (χ1) is 7.25. The molecule has 0 bridgehead atoms. The molecule has 0 aromatic rings. The molecule has 0 spiro atoms. The molecule has 0 saturated heterocycles. The minimum Gasteiger partial charge on any atom is -0.563 e. The van der Waals surface area contributed by atoms with E-state index in [1.807, 2.05) is 0 Å². The minimum absolute atomic E-state index is 0. The second-order valence-electron chi connectivity index (χ2n) is 1.06. The van der Waals surface area contributed by atoms with Gasteiger partial charge in [0.05, 0.1) is 0 Å². The summed E-state index contributed by atoms with van der Waals surface area (Å²) in [5, 5.41) is 0. The standard InChI is InChI=1S/CH3Cl.Hf.2O5P2/c1-2;;2*1-6(2)5-7(3)4/h1H3;;;/q;+4;;. The van der Waals surface area contributed by atoms with Gasteiger partial charge in [-0.05, 0) is 18.3 Å². The molecule has 0 aliphatic rings. The van der Waals surface area contributed by atoms with Crippen LogP contribution in [0.25, 0.3) is 0 Å². The van der Waals surface area contributed by atoms with Crippen LogP contribution >= 0.6 is 44.6 Å². The zero-order chi connectivity index (χ0) is 13.7. The molecule has 4 atom stereocenters. The number of hydrogen-bond acceptors (Lipinski definition) is 10. The largest absolute Gasteiger partial charge is 4.00 e. The van der Waals surface area contributed by atoms with E-state index in [2.05, 4.69) is 20.2 Å². The van der Waals surface area contributed by atoms with Crippen molar-refractivity contribution in [2.24, 2.45) is 0 Å². The van der Waals surface area contributed by atoms with E-state index in [0.29, 0.717) is 0 Å². The van der Waals surface area contributed by atoms with Crippen molar-refractivity contribution in [1.29, 1.82) is 0 Å². The molecule has 17 heavy (non-hydrogen) atoms. The van der Waals surface area contributed by atoms with Gasteiger partial charge in [-0.1, -0.05) is 0 Å². The van der Waals surface area contributed by atoms with Gasteiger partial charge in [-0.3, -0.25) is 0 Å². The van der Waals surface area contributed by atoms with E-state index in [-0.39, 0.29) is 25.8 Å². The van der Waals surface area contributed by atoms with Crippen LogP contribution in [0.3, 0.4) is 0 Å². The van der Waals surface area contributed by atoms with Crippen LogP contribution in [0.5, 0.6) is 0 Å². The third-order valence-corrected chi connectivity index (χ3v) is 2.40. The van der Waals surface area contributed by atoms with E-state index in [1.54, 1.807) is 0 Å². The van der Waals surface area contributed by atoms with E-state index in [0.717, 1.165) is 0 Å². The SMILES string of the molecule is CCl.O=[P+]([O-])O[P+](=O)[O-].O=[P+]([O-])O[P+](=O)[O-].[Hf+4]. The van der Waals surface area contributed by atoms with Crippen LogP contribution in [0.15, 0.2) is 0 Å². The Kier molecular flexibility index (Phi) is 31.0. The average Bonchev–Trinajstić information content (AvgIpc) is 2.03. The summed E-state index contributed by atoms with van der Waals surface area (Å²) in [7, 11) is -12.9. The quantitative estimate of drug-likeness (QED) is 0.255. The van der Waals surface area contributed by atoms with Gasteiger partial charge in [0.25, 0.3) is 0 Å². The minimum atomic E-state index is -3.24. The van der Waals surface area contributed by atoms with E-state index in [4.69, 9.17) is 0 Å². The number of alkyl halides is 1. The Morgan fingerprint density at radius 3 is 0.824 bits per heavy atom. The number of hydrogen-bond donors (Lipinski definition) is 0. The zero-order valence-corrected chi connectivity index (χ0v) is 15.7. The predicted octanol–water partition coefficient (Wildman–Crippen LogP) is -1.07. The third kappa shape index (κ3) is 46.8. The maximum absolute atomic E-state index is 9.24. The number of rotatable bonds is 4. The van der Waals surface area contributed by atoms with E-state index in [9.17, 15) is 37.8 Å². The molecule has 0 aromatic carbocycles. The van der Waals surface area contributed by atoms with Crippen LogP contribution in [0.4, 0.5) is 0 Å². The van der Waals surface area contributed by atoms with Crippen molar-refractivity contribution < 1.29 is 72.3 Å². The van der Waals surface area contributed by atoms with Crippen molar-refractivity contribution in [2.75, 3.05) is 6.38 Å². The third-order valence-electron chi connectivity index (χ3n) is 0.267. The molecule has 0 N–H and O–H groups in total. The molecule has 0 aromatic heterocycles. The Labute approximate surface area is 123 Å². The van der Waals surface area contributed by atoms with Crippen molar-refractivity contribution >= 4 is 44.6 Å². The van der Waals surface area contributed by atoms with Crippen LogP contribution in [-0.2, 0) is 52.7 Å². The van der Waals surface area contributed by atoms with Gasteiger partial charge in [0.15, 0.2) is 0 Å². The summed E-state index contributed by atoms with van der Waals surface area (Å²) in [6.45, 7) is 0. The van der Waals surface area contributed by atoms with Gasteiger partial charge < -0.3 is 19.6 Å². The molecule has 0 radical (unpaired) electrons. The molecule has 16 heteroatoms. The van der Waals surface area contributed by atoms with E-state index >= 15 is 0 Å². The van der Waals surface area contributed by atoms with Crippen LogP contribution in [0.2, 0.25) is 0 Å². The van der Waals surface area contributed by atoms with Crippen molar-refractivity contribution in [3.8, 4) is 0 Å². The van der Waals surface area contributed by atoms with Gasteiger partial charge in [0.2, 0.25) is 0 Å². The Morgan fingerprint density at radius 1 is 0.706 bits per heavy atom. The topological polar surface area (TPSA) is 179 Å². The molecule has 0 saturated carbocycles.